The summed E-state index contributed by atoms with van der Waals surface area (Å²) in [7, 11) is 9.35. The summed E-state index contributed by atoms with van der Waals surface area (Å²) in [6.07, 6.45) is -4.11. The first kappa shape index (κ1) is 50.6. The minimum atomic E-state index is -1.52. The number of aliphatic hydroxyl groups excluding tert-OH is 1. The van der Waals surface area contributed by atoms with Gasteiger partial charge < -0.3 is 64.0 Å². The Labute approximate surface area is 359 Å². The maximum Gasteiger partial charge on any atom is 0.234 e. The highest BCUT2D eigenvalue weighted by atomic mass is 16.7. The molecule has 17 heteroatoms. The molecule has 0 bridgehead atoms. The van der Waals surface area contributed by atoms with E-state index in [0.717, 1.165) is 26.2 Å². The molecule has 0 saturated carbocycles. The van der Waals surface area contributed by atoms with Gasteiger partial charge in [-0.2, -0.15) is 0 Å². The zero-order valence-corrected chi connectivity index (χ0v) is 38.7. The Morgan fingerprint density at radius 3 is 2.33 bits per heavy atom. The first-order valence-electron chi connectivity index (χ1n) is 22.2. The Balaban J connectivity index is 1.62. The second kappa shape index (κ2) is 22.5. The number of aliphatic hydroxyl groups is 2. The summed E-state index contributed by atoms with van der Waals surface area (Å²) in [5.41, 5.74) is -2.49. The largest absolute Gasteiger partial charge is 0.387 e. The normalized spacial score (nSPS) is 40.0. The molecule has 0 spiro atoms. The Morgan fingerprint density at radius 2 is 1.68 bits per heavy atom. The second-order valence-corrected chi connectivity index (χ2v) is 18.9. The molecule has 0 aromatic heterocycles. The van der Waals surface area contributed by atoms with Crippen LogP contribution < -0.4 is 10.6 Å². The van der Waals surface area contributed by atoms with E-state index < -0.39 is 66.1 Å². The first-order valence-corrected chi connectivity index (χ1v) is 22.2. The van der Waals surface area contributed by atoms with Crippen LogP contribution in [-0.2, 0) is 42.8 Å². The second-order valence-electron chi connectivity index (χ2n) is 18.9. The lowest BCUT2D eigenvalue weighted by Crippen LogP contribution is -2.61. The number of methoxy groups -OCH3 is 1. The number of likely N-dealkylation sites (N-methyl/N-ethyl adjacent to an activating group) is 2. The number of nitrogens with one attached hydrogen (secondary N) is 2. The fraction of sp³-hybridized carbons (Fsp3) is 0.930. The molecule has 4 saturated heterocycles. The molecule has 4 heterocycles. The molecule has 14 atom stereocenters. The van der Waals surface area contributed by atoms with E-state index in [-0.39, 0.29) is 61.6 Å². The molecule has 0 aliphatic carbocycles. The maximum atomic E-state index is 13.9. The smallest absolute Gasteiger partial charge is 0.234 e. The van der Waals surface area contributed by atoms with Gasteiger partial charge in [0.25, 0.3) is 0 Å². The van der Waals surface area contributed by atoms with Crippen molar-refractivity contribution in [1.82, 2.24) is 30.2 Å². The molecule has 17 nitrogen and oxygen atoms in total. The number of nitrogens with zero attached hydrogens (tertiary/aromatic N) is 4. The van der Waals surface area contributed by atoms with Crippen molar-refractivity contribution in [2.45, 2.75) is 147 Å². The number of rotatable bonds is 13. The van der Waals surface area contributed by atoms with E-state index in [2.05, 4.69) is 32.4 Å². The van der Waals surface area contributed by atoms with E-state index in [1.807, 2.05) is 34.9 Å². The van der Waals surface area contributed by atoms with Crippen LogP contribution in [0.25, 0.3) is 0 Å². The number of carbonyl (C=O) groups is 3. The lowest BCUT2D eigenvalue weighted by Gasteiger charge is -2.49. The van der Waals surface area contributed by atoms with E-state index >= 15 is 0 Å². The molecule has 4 N–H and O–H groups in total. The van der Waals surface area contributed by atoms with Gasteiger partial charge in [0.05, 0.1) is 48.1 Å². The summed E-state index contributed by atoms with van der Waals surface area (Å²) < 4.78 is 39.0. The fourth-order valence-corrected chi connectivity index (χ4v) is 9.48. The lowest BCUT2D eigenvalue weighted by atomic mass is 9.77. The van der Waals surface area contributed by atoms with Gasteiger partial charge in [0.15, 0.2) is 12.6 Å². The molecule has 4 rings (SSSR count). The minimum absolute atomic E-state index is 0.00705. The summed E-state index contributed by atoms with van der Waals surface area (Å²) in [5.74, 6) is -1.99. The number of carbonyl (C=O) groups excluding carboxylic acids is 3. The van der Waals surface area contributed by atoms with Gasteiger partial charge in [0, 0.05) is 91.4 Å². The summed E-state index contributed by atoms with van der Waals surface area (Å²) >= 11 is 0. The average Bonchev–Trinajstić information content (AvgIpc) is 3.17. The van der Waals surface area contributed by atoms with Crippen molar-refractivity contribution in [1.29, 1.82) is 0 Å². The van der Waals surface area contributed by atoms with Crippen LogP contribution >= 0.6 is 0 Å². The van der Waals surface area contributed by atoms with Crippen LogP contribution in [0.1, 0.15) is 80.6 Å². The van der Waals surface area contributed by atoms with Gasteiger partial charge in [-0.1, -0.05) is 20.8 Å². The first-order chi connectivity index (χ1) is 28.1. The third-order valence-corrected chi connectivity index (χ3v) is 13.2. The van der Waals surface area contributed by atoms with E-state index in [0.29, 0.717) is 39.1 Å². The monoisotopic (exact) mass is 857 g/mol. The Bertz CT molecular complexity index is 1370. The van der Waals surface area contributed by atoms with E-state index in [4.69, 9.17) is 28.4 Å². The third-order valence-electron chi connectivity index (χ3n) is 13.2. The van der Waals surface area contributed by atoms with Crippen LogP contribution in [0.4, 0.5) is 0 Å². The third kappa shape index (κ3) is 13.7. The van der Waals surface area contributed by atoms with Crippen LogP contribution in [0, 0.1) is 17.8 Å². The summed E-state index contributed by atoms with van der Waals surface area (Å²) in [6, 6.07) is -0.102. The maximum absolute atomic E-state index is 13.9. The van der Waals surface area contributed by atoms with Crippen molar-refractivity contribution in [3.05, 3.63) is 0 Å². The molecule has 3 amide bonds. The van der Waals surface area contributed by atoms with Crippen molar-refractivity contribution in [2.24, 2.45) is 17.8 Å². The van der Waals surface area contributed by atoms with E-state index in [1.54, 1.807) is 39.6 Å². The number of hydrogen-bond acceptors (Lipinski definition) is 14. The van der Waals surface area contributed by atoms with Gasteiger partial charge >= 0.3 is 0 Å². The minimum Gasteiger partial charge on any atom is -0.387 e. The predicted molar refractivity (Wildman–Crippen MR) is 226 cm³/mol. The fourth-order valence-electron chi connectivity index (χ4n) is 9.48. The topological polar surface area (TPSA) is 184 Å². The standard InChI is InChI=1S/C43H80N6O11/c1-27-23-42(6,54)39(60-41-37(32(46(8)9)22-28(2)57-41)56-21-13-15-44-33(50)26-49-19-17-47(10)18-20-49)29(3)36(30(4)40(53)45-16-14-34(51)48(11)25-27)59-35-24-43(7,55-12)38(52)31(5)58-35/h27-32,35-39,41,52,54H,13-26H2,1-12H3,(H,44,50)(H,45,53)/t27-,28-,29+,30-,31+,32+,35+,36+,37-,38+,39-,41+,42-,43-/m1/s1. The molecule has 4 aliphatic rings. The Kier molecular flexibility index (Phi) is 19.0. The molecule has 0 radical (unpaired) electrons. The van der Waals surface area contributed by atoms with Gasteiger partial charge in [-0.05, 0) is 74.0 Å². The summed E-state index contributed by atoms with van der Waals surface area (Å²) in [5, 5.41) is 29.6. The highest BCUT2D eigenvalue weighted by Gasteiger charge is 2.51. The molecule has 0 aromatic rings. The molecule has 0 unspecified atom stereocenters. The molecule has 60 heavy (non-hydrogen) atoms. The molecule has 0 aromatic carbocycles. The highest BCUT2D eigenvalue weighted by molar-refractivity contribution is 5.80. The zero-order valence-electron chi connectivity index (χ0n) is 38.7. The van der Waals surface area contributed by atoms with Crippen LogP contribution in [0.5, 0.6) is 0 Å². The quantitative estimate of drug-likeness (QED) is 0.192. The van der Waals surface area contributed by atoms with Gasteiger partial charge in [0.1, 0.15) is 12.2 Å². The van der Waals surface area contributed by atoms with Crippen molar-refractivity contribution < 1.29 is 53.0 Å². The van der Waals surface area contributed by atoms with Gasteiger partial charge in [-0.25, -0.2) is 0 Å². The van der Waals surface area contributed by atoms with Gasteiger partial charge in [-0.3, -0.25) is 19.3 Å². The zero-order chi connectivity index (χ0) is 44.5. The molecule has 4 aliphatic heterocycles. The average molecular weight is 857 g/mol. The lowest BCUT2D eigenvalue weighted by molar-refractivity contribution is -0.320. The summed E-state index contributed by atoms with van der Waals surface area (Å²) in [4.78, 5) is 47.9. The van der Waals surface area contributed by atoms with Gasteiger partial charge in [0.2, 0.25) is 17.7 Å². The number of amides is 3. The molecular weight excluding hydrogens is 777 g/mol. The highest BCUT2D eigenvalue weighted by Crippen LogP contribution is 2.39. The number of piperazine rings is 1. The summed E-state index contributed by atoms with van der Waals surface area (Å²) in [6.45, 7) is 18.3. The van der Waals surface area contributed by atoms with Gasteiger partial charge in [-0.15, -0.1) is 0 Å². The van der Waals surface area contributed by atoms with E-state index in [1.165, 1.54) is 7.11 Å². The predicted octanol–water partition coefficient (Wildman–Crippen LogP) is 0.889. The number of hydrogen-bond donors (Lipinski definition) is 4. The SMILES string of the molecule is CO[C@]1(C)C[C@H](O[C@H]2[C@H](C)[C@@H](O[C@@H]3O[C@H](C)C[C@H](N(C)C)[C@H]3OCCCNC(=O)CN3CCN(C)CC3)[C@](C)(O)C[C@@H](C)CN(C)C(=O)CCNC(=O)[C@@H]2C)O[C@@H](C)[C@@H]1O. The van der Waals surface area contributed by atoms with E-state index in [9.17, 15) is 24.6 Å². The molecular formula is C43H80N6O11. The Morgan fingerprint density at radius 1 is 1.00 bits per heavy atom. The van der Waals surface area contributed by atoms with Crippen molar-refractivity contribution in [2.75, 3.05) is 94.3 Å². The van der Waals surface area contributed by atoms with Crippen molar-refractivity contribution >= 4 is 17.7 Å². The molecule has 4 fully saturated rings. The van der Waals surface area contributed by atoms with Crippen molar-refractivity contribution in [3.8, 4) is 0 Å². The van der Waals surface area contributed by atoms with Crippen molar-refractivity contribution in [3.63, 3.8) is 0 Å². The van der Waals surface area contributed by atoms with Crippen LogP contribution in [0.2, 0.25) is 0 Å². The van der Waals surface area contributed by atoms with Crippen LogP contribution in [-0.4, -0.2) is 208 Å². The van der Waals surface area contributed by atoms with Crippen LogP contribution in [0.15, 0.2) is 0 Å². The van der Waals surface area contributed by atoms with Crippen LogP contribution in [0.3, 0.4) is 0 Å². The molecule has 348 valence electrons. The number of ether oxygens (including phenoxy) is 6. The Hall–Kier alpha value is -2.03.